The van der Waals surface area contributed by atoms with Crippen LogP contribution in [0.3, 0.4) is 0 Å². The molecule has 1 heterocycles. The summed E-state index contributed by atoms with van der Waals surface area (Å²) in [5.41, 5.74) is 1.06. The molecule has 0 bridgehead atoms. The van der Waals surface area contributed by atoms with Crippen LogP contribution < -0.4 is 10.6 Å². The first-order chi connectivity index (χ1) is 12.8. The van der Waals surface area contributed by atoms with Crippen molar-refractivity contribution in [3.05, 3.63) is 35.3 Å². The average molecular weight is 409 g/mol. The van der Waals surface area contributed by atoms with Crippen molar-refractivity contribution >= 4 is 44.0 Å². The quantitative estimate of drug-likeness (QED) is 0.728. The molecule has 8 nitrogen and oxygen atoms in total. The zero-order valence-electron chi connectivity index (χ0n) is 14.9. The SMILES string of the molecule is CN(C)S(=O)(=O)c1ccc(NC(=O)Cc2csc(NC(=O)C3CC3)n2)cc1. The molecule has 2 amide bonds. The highest BCUT2D eigenvalue weighted by molar-refractivity contribution is 7.89. The predicted octanol–water partition coefficient (Wildman–Crippen LogP) is 1.92. The lowest BCUT2D eigenvalue weighted by Gasteiger charge is -2.11. The van der Waals surface area contributed by atoms with Gasteiger partial charge in [-0.2, -0.15) is 0 Å². The van der Waals surface area contributed by atoms with E-state index in [4.69, 9.17) is 0 Å². The Kier molecular flexibility index (Phi) is 5.59. The number of benzene rings is 1. The van der Waals surface area contributed by atoms with Gasteiger partial charge in [0.05, 0.1) is 17.0 Å². The van der Waals surface area contributed by atoms with Crippen LogP contribution in [-0.2, 0) is 26.0 Å². The molecule has 1 fully saturated rings. The summed E-state index contributed by atoms with van der Waals surface area (Å²) < 4.78 is 25.2. The molecule has 1 aromatic heterocycles. The van der Waals surface area contributed by atoms with Crippen molar-refractivity contribution in [1.82, 2.24) is 9.29 Å². The van der Waals surface area contributed by atoms with E-state index in [9.17, 15) is 18.0 Å². The highest BCUT2D eigenvalue weighted by atomic mass is 32.2. The Labute approximate surface area is 161 Å². The van der Waals surface area contributed by atoms with Crippen molar-refractivity contribution in [3.63, 3.8) is 0 Å². The zero-order valence-corrected chi connectivity index (χ0v) is 16.6. The van der Waals surface area contributed by atoms with Crippen LogP contribution in [0, 0.1) is 5.92 Å². The summed E-state index contributed by atoms with van der Waals surface area (Å²) in [7, 11) is -0.585. The third-order valence-corrected chi connectivity index (χ3v) is 6.62. The molecule has 0 saturated heterocycles. The van der Waals surface area contributed by atoms with Crippen molar-refractivity contribution < 1.29 is 18.0 Å². The summed E-state index contributed by atoms with van der Waals surface area (Å²) in [5, 5.41) is 7.68. The molecule has 1 saturated carbocycles. The summed E-state index contributed by atoms with van der Waals surface area (Å²) in [5.74, 6) is -0.198. The van der Waals surface area contributed by atoms with Gasteiger partial charge in [-0.1, -0.05) is 0 Å². The first-order valence-corrected chi connectivity index (χ1v) is 10.7. The third kappa shape index (κ3) is 4.90. The van der Waals surface area contributed by atoms with E-state index in [2.05, 4.69) is 15.6 Å². The van der Waals surface area contributed by atoms with E-state index >= 15 is 0 Å². The van der Waals surface area contributed by atoms with E-state index in [1.165, 1.54) is 49.7 Å². The number of hydrogen-bond acceptors (Lipinski definition) is 6. The second-order valence-electron chi connectivity index (χ2n) is 6.44. The second kappa shape index (κ2) is 7.75. The highest BCUT2D eigenvalue weighted by Gasteiger charge is 2.30. The van der Waals surface area contributed by atoms with Crippen molar-refractivity contribution in [2.45, 2.75) is 24.2 Å². The van der Waals surface area contributed by atoms with Gasteiger partial charge in [0.2, 0.25) is 21.8 Å². The predicted molar refractivity (Wildman–Crippen MR) is 103 cm³/mol. The highest BCUT2D eigenvalue weighted by Crippen LogP contribution is 2.30. The van der Waals surface area contributed by atoms with Crippen LogP contribution in [-0.4, -0.2) is 43.6 Å². The number of hydrogen-bond donors (Lipinski definition) is 2. The van der Waals surface area contributed by atoms with Crippen molar-refractivity contribution in [1.29, 1.82) is 0 Å². The van der Waals surface area contributed by atoms with Crippen LogP contribution in [0.4, 0.5) is 10.8 Å². The number of carbonyl (C=O) groups is 2. The van der Waals surface area contributed by atoms with E-state index in [-0.39, 0.29) is 29.0 Å². The van der Waals surface area contributed by atoms with Gasteiger partial charge in [-0.3, -0.25) is 9.59 Å². The minimum absolute atomic E-state index is 0.0203. The zero-order chi connectivity index (χ0) is 19.6. The second-order valence-corrected chi connectivity index (χ2v) is 9.45. The number of carbonyl (C=O) groups excluding carboxylic acids is 2. The average Bonchev–Trinajstić information content (AvgIpc) is 3.37. The summed E-state index contributed by atoms with van der Waals surface area (Å²) in [6.07, 6.45) is 1.90. The van der Waals surface area contributed by atoms with Crippen LogP contribution in [0.25, 0.3) is 0 Å². The molecule has 0 atom stereocenters. The molecule has 2 aromatic rings. The van der Waals surface area contributed by atoms with E-state index in [0.717, 1.165) is 17.1 Å². The molecule has 0 aliphatic heterocycles. The number of anilines is 2. The molecule has 27 heavy (non-hydrogen) atoms. The Hall–Kier alpha value is -2.30. The molecular formula is C17H20N4O4S2. The summed E-state index contributed by atoms with van der Waals surface area (Å²) in [4.78, 5) is 28.3. The van der Waals surface area contributed by atoms with Gasteiger partial charge in [0.25, 0.3) is 0 Å². The molecule has 3 rings (SSSR count). The van der Waals surface area contributed by atoms with E-state index in [1.54, 1.807) is 5.38 Å². The van der Waals surface area contributed by atoms with Crippen LogP contribution >= 0.6 is 11.3 Å². The van der Waals surface area contributed by atoms with Crippen LogP contribution in [0.2, 0.25) is 0 Å². The van der Waals surface area contributed by atoms with E-state index in [1.807, 2.05) is 0 Å². The maximum absolute atomic E-state index is 12.2. The monoisotopic (exact) mass is 408 g/mol. The fourth-order valence-electron chi connectivity index (χ4n) is 2.29. The molecule has 144 valence electrons. The Balaban J connectivity index is 1.56. The molecule has 1 aliphatic rings. The fourth-order valence-corrected chi connectivity index (χ4v) is 3.90. The van der Waals surface area contributed by atoms with Gasteiger partial charge in [-0.15, -0.1) is 11.3 Å². The smallest absolute Gasteiger partial charge is 0.242 e. The minimum atomic E-state index is -3.50. The third-order valence-electron chi connectivity index (χ3n) is 3.99. The van der Waals surface area contributed by atoms with Crippen LogP contribution in [0.15, 0.2) is 34.5 Å². The van der Waals surface area contributed by atoms with Crippen LogP contribution in [0.5, 0.6) is 0 Å². The van der Waals surface area contributed by atoms with E-state index in [0.29, 0.717) is 16.5 Å². The van der Waals surface area contributed by atoms with E-state index < -0.39 is 10.0 Å². The lowest BCUT2D eigenvalue weighted by Crippen LogP contribution is -2.22. The molecule has 0 unspecified atom stereocenters. The van der Waals surface area contributed by atoms with Crippen LogP contribution in [0.1, 0.15) is 18.5 Å². The van der Waals surface area contributed by atoms with Gasteiger partial charge in [0.1, 0.15) is 0 Å². The van der Waals surface area contributed by atoms with Gasteiger partial charge < -0.3 is 10.6 Å². The Morgan fingerprint density at radius 1 is 1.19 bits per heavy atom. The normalized spacial score (nSPS) is 14.2. The Morgan fingerprint density at radius 3 is 2.44 bits per heavy atom. The minimum Gasteiger partial charge on any atom is -0.326 e. The first-order valence-electron chi connectivity index (χ1n) is 8.33. The van der Waals surface area contributed by atoms with Crippen molar-refractivity contribution in [2.75, 3.05) is 24.7 Å². The number of nitrogens with zero attached hydrogens (tertiary/aromatic N) is 2. The Bertz CT molecular complexity index is 948. The summed E-state index contributed by atoms with van der Waals surface area (Å²) in [6.45, 7) is 0. The number of sulfonamides is 1. The van der Waals surface area contributed by atoms with Crippen molar-refractivity contribution in [3.8, 4) is 0 Å². The number of thiazole rings is 1. The number of nitrogens with one attached hydrogen (secondary N) is 2. The van der Waals surface area contributed by atoms with Gasteiger partial charge in [0, 0.05) is 31.1 Å². The summed E-state index contributed by atoms with van der Waals surface area (Å²) in [6, 6.07) is 5.96. The number of rotatable bonds is 7. The first kappa shape index (κ1) is 19.5. The molecule has 1 aliphatic carbocycles. The van der Waals surface area contributed by atoms with Gasteiger partial charge in [-0.05, 0) is 37.1 Å². The lowest BCUT2D eigenvalue weighted by molar-refractivity contribution is -0.117. The van der Waals surface area contributed by atoms with Gasteiger partial charge in [0.15, 0.2) is 5.13 Å². The molecule has 0 radical (unpaired) electrons. The maximum atomic E-state index is 12.2. The van der Waals surface area contributed by atoms with Gasteiger partial charge in [-0.25, -0.2) is 17.7 Å². The fraction of sp³-hybridized carbons (Fsp3) is 0.353. The molecule has 2 N–H and O–H groups in total. The lowest BCUT2D eigenvalue weighted by atomic mass is 10.3. The molecular weight excluding hydrogens is 388 g/mol. The summed E-state index contributed by atoms with van der Waals surface area (Å²) >= 11 is 1.28. The Morgan fingerprint density at radius 2 is 1.85 bits per heavy atom. The topological polar surface area (TPSA) is 108 Å². The largest absolute Gasteiger partial charge is 0.326 e. The molecule has 0 spiro atoms. The molecule has 1 aromatic carbocycles. The molecule has 10 heteroatoms. The number of amides is 2. The standard InChI is InChI=1S/C17H20N4O4S2/c1-21(2)27(24,25)14-7-5-12(6-8-14)18-15(22)9-13-10-26-17(19-13)20-16(23)11-3-4-11/h5-8,10-11H,3-4,9H2,1-2H3,(H,18,22)(H,19,20,23). The van der Waals surface area contributed by atoms with Crippen molar-refractivity contribution in [2.24, 2.45) is 5.92 Å². The van der Waals surface area contributed by atoms with Gasteiger partial charge >= 0.3 is 0 Å². The maximum Gasteiger partial charge on any atom is 0.242 e. The number of aromatic nitrogens is 1.